The van der Waals surface area contributed by atoms with Gasteiger partial charge in [-0.2, -0.15) is 48.6 Å². The maximum absolute atomic E-state index is 10.6. The van der Waals surface area contributed by atoms with Crippen molar-refractivity contribution in [2.24, 2.45) is 0 Å². The van der Waals surface area contributed by atoms with Gasteiger partial charge in [0.15, 0.2) is 0 Å². The van der Waals surface area contributed by atoms with E-state index in [4.69, 9.17) is 9.90 Å². The van der Waals surface area contributed by atoms with E-state index in [0.717, 1.165) is 22.6 Å². The second-order valence-electron chi connectivity index (χ2n) is 8.22. The van der Waals surface area contributed by atoms with Crippen molar-refractivity contribution in [3.05, 3.63) is 35.4 Å². The third-order valence-corrected chi connectivity index (χ3v) is 11.2. The number of alkyl halides is 3. The molecule has 178 valence electrons. The molecule has 0 amide bonds. The summed E-state index contributed by atoms with van der Waals surface area (Å²) in [6.45, 7) is 19.1. The molecule has 8 heteroatoms. The smallest absolute Gasteiger partial charge is 0.475 e. The molecule has 1 N–H and O–H groups in total. The predicted molar refractivity (Wildman–Crippen MR) is 121 cm³/mol. The molecule has 0 bridgehead atoms. The van der Waals surface area contributed by atoms with Gasteiger partial charge in [-0.15, -0.1) is 0 Å². The number of carboxylic acid groups (broad SMARTS) is 1. The maximum atomic E-state index is 10.6. The molecule has 0 radical (unpaired) electrons. The van der Waals surface area contributed by atoms with E-state index in [0.29, 0.717) is 0 Å². The van der Waals surface area contributed by atoms with Gasteiger partial charge in [-0.25, -0.2) is 4.79 Å². The summed E-state index contributed by atoms with van der Waals surface area (Å²) in [5, 5.41) is 7.12. The Balaban J connectivity index is 0. The number of aliphatic carboxylic acids is 1. The molecular formula is C22H36F3O2P2Pd-. The van der Waals surface area contributed by atoms with Gasteiger partial charge in [0.2, 0.25) is 0 Å². The number of carbonyl (C=O) groups is 1. The average molecular weight is 558 g/mol. The fraction of sp³-hybridized carbons (Fsp3) is 0.682. The molecule has 0 aliphatic heterocycles. The molecule has 1 aromatic carbocycles. The molecule has 0 unspecified atom stereocenters. The molecule has 2 nitrogen and oxygen atoms in total. The summed E-state index contributed by atoms with van der Waals surface area (Å²) < 4.78 is 31.7. The van der Waals surface area contributed by atoms with Gasteiger partial charge in [0, 0.05) is 20.4 Å². The maximum Gasteiger partial charge on any atom is 0.490 e. The van der Waals surface area contributed by atoms with Gasteiger partial charge in [-0.1, -0.05) is 71.2 Å². The van der Waals surface area contributed by atoms with Crippen LogP contribution in [0.1, 0.15) is 66.5 Å². The monoisotopic (exact) mass is 557 g/mol. The predicted octanol–water partition coefficient (Wildman–Crippen LogP) is 7.71. The van der Waals surface area contributed by atoms with Gasteiger partial charge in [0.1, 0.15) is 0 Å². The minimum Gasteiger partial charge on any atom is -0.475 e. The van der Waals surface area contributed by atoms with Crippen molar-refractivity contribution in [1.29, 1.82) is 0 Å². The Morgan fingerprint density at radius 2 is 1.13 bits per heavy atom. The van der Waals surface area contributed by atoms with Gasteiger partial charge in [0.25, 0.3) is 0 Å². The number of hydrogen-bond acceptors (Lipinski definition) is 1. The first-order valence-electron chi connectivity index (χ1n) is 9.98. The van der Waals surface area contributed by atoms with Gasteiger partial charge in [-0.05, 0) is 35.0 Å². The van der Waals surface area contributed by atoms with Crippen molar-refractivity contribution in [1.82, 2.24) is 0 Å². The van der Waals surface area contributed by atoms with Crippen molar-refractivity contribution in [2.75, 3.05) is 0 Å². The Bertz CT molecular complexity index is 567. The van der Waals surface area contributed by atoms with E-state index in [-0.39, 0.29) is 36.3 Å². The minimum absolute atomic E-state index is 0. The summed E-state index contributed by atoms with van der Waals surface area (Å²) in [6, 6.07) is 10.6. The molecule has 0 heterocycles. The van der Waals surface area contributed by atoms with Crippen LogP contribution < -0.4 is 0 Å². The van der Waals surface area contributed by atoms with Crippen molar-refractivity contribution < 1.29 is 43.5 Å². The summed E-state index contributed by atoms with van der Waals surface area (Å²) in [6.07, 6.45) is -2.61. The third kappa shape index (κ3) is 12.8. The van der Waals surface area contributed by atoms with E-state index in [9.17, 15) is 13.2 Å². The third-order valence-electron chi connectivity index (χ3n) is 4.52. The fourth-order valence-electron chi connectivity index (χ4n) is 3.07. The zero-order chi connectivity index (χ0) is 22.9. The number of hydrogen-bond donors (Lipinski definition) is 1. The number of rotatable bonds is 8. The molecule has 30 heavy (non-hydrogen) atoms. The van der Waals surface area contributed by atoms with E-state index in [1.807, 2.05) is 0 Å². The van der Waals surface area contributed by atoms with E-state index in [1.165, 1.54) is 23.5 Å². The molecule has 0 saturated carbocycles. The zero-order valence-electron chi connectivity index (χ0n) is 19.2. The van der Waals surface area contributed by atoms with Crippen LogP contribution in [-0.2, 0) is 37.5 Å². The Kier molecular flexibility index (Phi) is 16.0. The first kappa shape index (κ1) is 32.2. The molecule has 0 fully saturated rings. The van der Waals surface area contributed by atoms with Crippen LogP contribution in [-0.4, -0.2) is 39.9 Å². The largest absolute Gasteiger partial charge is 0.490 e. The van der Waals surface area contributed by atoms with Crippen LogP contribution in [0.3, 0.4) is 0 Å². The van der Waals surface area contributed by atoms with Gasteiger partial charge in [0.05, 0.1) is 0 Å². The minimum atomic E-state index is -5.08. The van der Waals surface area contributed by atoms with Crippen molar-refractivity contribution in [3.63, 3.8) is 0 Å². The number of carboxylic acids is 1. The van der Waals surface area contributed by atoms with Crippen molar-refractivity contribution in [3.8, 4) is 0 Å². The average Bonchev–Trinajstić information content (AvgIpc) is 2.56. The zero-order valence-corrected chi connectivity index (χ0v) is 22.5. The summed E-state index contributed by atoms with van der Waals surface area (Å²) in [4.78, 5) is 8.90. The summed E-state index contributed by atoms with van der Waals surface area (Å²) in [5.41, 5.74) is 6.08. The molecule has 1 rings (SSSR count). The van der Waals surface area contributed by atoms with Crippen LogP contribution in [0.5, 0.6) is 0 Å². The fourth-order valence-corrected chi connectivity index (χ4v) is 8.07. The van der Waals surface area contributed by atoms with Gasteiger partial charge in [-0.3, -0.25) is 0 Å². The Hall–Kier alpha value is 0.00234. The normalized spacial score (nSPS) is 11.9. The molecular weight excluding hydrogens is 522 g/mol. The van der Waals surface area contributed by atoms with Crippen LogP contribution >= 0.6 is 15.8 Å². The molecule has 0 aromatic heterocycles. The van der Waals surface area contributed by atoms with Crippen LogP contribution in [0.15, 0.2) is 18.2 Å². The first-order valence-corrected chi connectivity index (χ1v) is 13.3. The summed E-state index contributed by atoms with van der Waals surface area (Å²) >= 11 is 0. The van der Waals surface area contributed by atoms with Crippen LogP contribution in [0, 0.1) is 6.07 Å². The molecule has 0 atom stereocenters. The van der Waals surface area contributed by atoms with E-state index in [1.54, 1.807) is 0 Å². The standard InChI is InChI=1S/C20H35P2.C2HF3O2.Pd/c1-15(2)21(16(3)4)13-19-10-9-11-20(12-19)14-22(17(5)6)18(7)8;3-2(4,5)1(6)7;/h9-11,15-18H,13-14H2,1-8H3;(H,6,7);/q-1;;. The van der Waals surface area contributed by atoms with E-state index < -0.39 is 12.1 Å². The van der Waals surface area contributed by atoms with E-state index in [2.05, 4.69) is 79.7 Å². The van der Waals surface area contributed by atoms with Crippen LogP contribution in [0.25, 0.3) is 0 Å². The summed E-state index contributed by atoms with van der Waals surface area (Å²) in [7, 11) is 0.123. The molecule has 1 aromatic rings. The second kappa shape index (κ2) is 14.9. The molecule has 0 saturated heterocycles. The number of halogens is 3. The van der Waals surface area contributed by atoms with Gasteiger partial charge < -0.3 is 5.11 Å². The molecule has 0 aliphatic carbocycles. The van der Waals surface area contributed by atoms with Crippen molar-refractivity contribution >= 4 is 21.8 Å². The molecule has 0 aliphatic rings. The van der Waals surface area contributed by atoms with Crippen LogP contribution in [0.2, 0.25) is 0 Å². The Morgan fingerprint density at radius 3 is 1.33 bits per heavy atom. The first-order chi connectivity index (χ1) is 13.2. The second-order valence-corrected chi connectivity index (χ2v) is 15.0. The van der Waals surface area contributed by atoms with Gasteiger partial charge >= 0.3 is 12.1 Å². The van der Waals surface area contributed by atoms with Crippen LogP contribution in [0.4, 0.5) is 13.2 Å². The topological polar surface area (TPSA) is 37.3 Å². The SMILES string of the molecule is CC(C)P(Cc1[c-]c(CP(C(C)C)C(C)C)ccc1)C(C)C.O=C(O)C(F)(F)F.[Pd]. The van der Waals surface area contributed by atoms with Crippen molar-refractivity contribution in [2.45, 2.75) is 96.5 Å². The quantitative estimate of drug-likeness (QED) is 0.202. The Morgan fingerprint density at radius 1 is 0.867 bits per heavy atom. The molecule has 0 spiro atoms. The Labute approximate surface area is 197 Å². The number of benzene rings is 1. The van der Waals surface area contributed by atoms with E-state index >= 15 is 0 Å². The summed E-state index contributed by atoms with van der Waals surface area (Å²) in [5.74, 6) is -2.76.